The molecule has 0 rings (SSSR count). The predicted molar refractivity (Wildman–Crippen MR) is 68.8 cm³/mol. The fourth-order valence-electron chi connectivity index (χ4n) is 1.51. The summed E-state index contributed by atoms with van der Waals surface area (Å²) in [6.07, 6.45) is 5.69. The number of amidine groups is 1. The molecule has 0 aliphatic carbocycles. The second kappa shape index (κ2) is 8.39. The highest BCUT2D eigenvalue weighted by Crippen LogP contribution is 2.22. The van der Waals surface area contributed by atoms with Gasteiger partial charge in [0.25, 0.3) is 0 Å². The molecule has 0 aromatic heterocycles. The van der Waals surface area contributed by atoms with E-state index in [2.05, 4.69) is 17.4 Å². The molecular weight excluding hydrogens is 202 g/mol. The Balaban J connectivity index is 3.51. The van der Waals surface area contributed by atoms with Gasteiger partial charge in [0.1, 0.15) is 5.84 Å². The van der Waals surface area contributed by atoms with E-state index in [1.807, 2.05) is 13.8 Å². The molecule has 16 heavy (non-hydrogen) atoms. The minimum atomic E-state index is -0.196. The van der Waals surface area contributed by atoms with Gasteiger partial charge in [-0.15, -0.1) is 0 Å². The van der Waals surface area contributed by atoms with Crippen LogP contribution in [0.1, 0.15) is 52.9 Å². The molecule has 0 saturated heterocycles. The van der Waals surface area contributed by atoms with Crippen molar-refractivity contribution in [2.45, 2.75) is 52.9 Å². The van der Waals surface area contributed by atoms with Crippen LogP contribution in [0.25, 0.3) is 0 Å². The Morgan fingerprint density at radius 3 is 2.44 bits per heavy atom. The third kappa shape index (κ3) is 6.67. The standard InChI is InChI=1S/C12H27N3O/c1-4-5-9-14-10-7-6-8-12(2,3)11(13)15-16/h14,16H,4-10H2,1-3H3,(H2,13,15). The molecule has 0 aromatic carbocycles. The number of nitrogens with two attached hydrogens (primary N) is 1. The summed E-state index contributed by atoms with van der Waals surface area (Å²) in [6, 6.07) is 0. The van der Waals surface area contributed by atoms with E-state index >= 15 is 0 Å². The van der Waals surface area contributed by atoms with Crippen molar-refractivity contribution >= 4 is 5.84 Å². The molecule has 0 aliphatic rings. The molecule has 0 spiro atoms. The lowest BCUT2D eigenvalue weighted by molar-refractivity contribution is 0.304. The summed E-state index contributed by atoms with van der Waals surface area (Å²) in [7, 11) is 0. The fraction of sp³-hybridized carbons (Fsp3) is 0.917. The first-order valence-electron chi connectivity index (χ1n) is 6.23. The predicted octanol–water partition coefficient (Wildman–Crippen LogP) is 2.32. The van der Waals surface area contributed by atoms with Crippen LogP contribution in [0, 0.1) is 5.41 Å². The maximum atomic E-state index is 8.62. The lowest BCUT2D eigenvalue weighted by atomic mass is 9.86. The number of unbranched alkanes of at least 4 members (excludes halogenated alkanes) is 2. The van der Waals surface area contributed by atoms with Crippen LogP contribution in [0.2, 0.25) is 0 Å². The monoisotopic (exact) mass is 229 g/mol. The molecule has 0 heterocycles. The second-order valence-corrected chi connectivity index (χ2v) is 4.93. The Hall–Kier alpha value is -0.770. The second-order valence-electron chi connectivity index (χ2n) is 4.93. The summed E-state index contributed by atoms with van der Waals surface area (Å²) in [4.78, 5) is 0. The van der Waals surface area contributed by atoms with Gasteiger partial charge in [-0.05, 0) is 32.4 Å². The maximum absolute atomic E-state index is 8.62. The molecule has 0 saturated carbocycles. The summed E-state index contributed by atoms with van der Waals surface area (Å²) in [6.45, 7) is 8.38. The molecule has 0 unspecified atom stereocenters. The smallest absolute Gasteiger partial charge is 0.144 e. The lowest BCUT2D eigenvalue weighted by Gasteiger charge is -2.22. The van der Waals surface area contributed by atoms with Gasteiger partial charge in [-0.1, -0.05) is 38.8 Å². The first-order valence-corrected chi connectivity index (χ1v) is 6.23. The molecule has 4 heteroatoms. The summed E-state index contributed by atoms with van der Waals surface area (Å²) in [5, 5.41) is 15.1. The Morgan fingerprint density at radius 2 is 1.88 bits per heavy atom. The first kappa shape index (κ1) is 15.2. The summed E-state index contributed by atoms with van der Waals surface area (Å²) in [5.41, 5.74) is 5.42. The number of hydrogen-bond donors (Lipinski definition) is 3. The lowest BCUT2D eigenvalue weighted by Crippen LogP contribution is -2.32. The zero-order valence-corrected chi connectivity index (χ0v) is 10.9. The minimum absolute atomic E-state index is 0.196. The van der Waals surface area contributed by atoms with Crippen LogP contribution >= 0.6 is 0 Å². The van der Waals surface area contributed by atoms with E-state index in [4.69, 9.17) is 10.9 Å². The zero-order chi connectivity index (χ0) is 12.4. The quantitative estimate of drug-likeness (QED) is 0.187. The van der Waals surface area contributed by atoms with Crippen LogP contribution < -0.4 is 11.1 Å². The van der Waals surface area contributed by atoms with Gasteiger partial charge in [0.15, 0.2) is 0 Å². The number of oxime groups is 1. The molecule has 0 radical (unpaired) electrons. The SMILES string of the molecule is CCCCNCCCCC(C)(C)C(N)=NO. The van der Waals surface area contributed by atoms with Gasteiger partial charge in [-0.2, -0.15) is 0 Å². The third-order valence-corrected chi connectivity index (χ3v) is 2.91. The van der Waals surface area contributed by atoms with E-state index in [0.29, 0.717) is 5.84 Å². The van der Waals surface area contributed by atoms with Crippen molar-refractivity contribution in [2.24, 2.45) is 16.3 Å². The van der Waals surface area contributed by atoms with Gasteiger partial charge in [-0.25, -0.2) is 0 Å². The maximum Gasteiger partial charge on any atom is 0.144 e. The van der Waals surface area contributed by atoms with Crippen LogP contribution in [0.3, 0.4) is 0 Å². The summed E-state index contributed by atoms with van der Waals surface area (Å²) < 4.78 is 0. The van der Waals surface area contributed by atoms with Crippen LogP contribution in [0.15, 0.2) is 5.16 Å². The van der Waals surface area contributed by atoms with E-state index < -0.39 is 0 Å². The minimum Gasteiger partial charge on any atom is -0.409 e. The molecule has 0 aliphatic heterocycles. The van der Waals surface area contributed by atoms with Crippen LogP contribution in [-0.4, -0.2) is 24.1 Å². The number of hydrogen-bond acceptors (Lipinski definition) is 3. The highest BCUT2D eigenvalue weighted by Gasteiger charge is 2.22. The van der Waals surface area contributed by atoms with Gasteiger partial charge in [0.05, 0.1) is 0 Å². The van der Waals surface area contributed by atoms with Crippen molar-refractivity contribution in [3.63, 3.8) is 0 Å². The van der Waals surface area contributed by atoms with E-state index in [-0.39, 0.29) is 5.41 Å². The summed E-state index contributed by atoms with van der Waals surface area (Å²) >= 11 is 0. The molecule has 0 atom stereocenters. The Kier molecular flexibility index (Phi) is 7.99. The fourth-order valence-corrected chi connectivity index (χ4v) is 1.51. The molecule has 0 bridgehead atoms. The molecule has 4 N–H and O–H groups in total. The Labute approximate surface area is 99.3 Å². The van der Waals surface area contributed by atoms with Crippen molar-refractivity contribution in [1.29, 1.82) is 0 Å². The highest BCUT2D eigenvalue weighted by atomic mass is 16.4. The average molecular weight is 229 g/mol. The molecule has 0 aromatic rings. The van der Waals surface area contributed by atoms with Gasteiger partial charge in [0, 0.05) is 5.41 Å². The van der Waals surface area contributed by atoms with Crippen molar-refractivity contribution in [2.75, 3.05) is 13.1 Å². The zero-order valence-electron chi connectivity index (χ0n) is 10.9. The van der Waals surface area contributed by atoms with Crippen LogP contribution in [0.4, 0.5) is 0 Å². The third-order valence-electron chi connectivity index (χ3n) is 2.91. The van der Waals surface area contributed by atoms with Gasteiger partial charge < -0.3 is 16.3 Å². The van der Waals surface area contributed by atoms with E-state index in [1.165, 1.54) is 12.8 Å². The number of nitrogens with one attached hydrogen (secondary N) is 1. The first-order chi connectivity index (χ1) is 7.54. The van der Waals surface area contributed by atoms with Crippen molar-refractivity contribution < 1.29 is 5.21 Å². The molecule has 0 fully saturated rings. The largest absolute Gasteiger partial charge is 0.409 e. The van der Waals surface area contributed by atoms with E-state index in [0.717, 1.165) is 32.4 Å². The molecule has 96 valence electrons. The summed E-state index contributed by atoms with van der Waals surface area (Å²) in [5.74, 6) is 0.325. The van der Waals surface area contributed by atoms with E-state index in [1.54, 1.807) is 0 Å². The van der Waals surface area contributed by atoms with Crippen molar-refractivity contribution in [1.82, 2.24) is 5.32 Å². The topological polar surface area (TPSA) is 70.6 Å². The Bertz CT molecular complexity index is 202. The number of nitrogens with zero attached hydrogens (tertiary/aromatic N) is 1. The van der Waals surface area contributed by atoms with Gasteiger partial charge >= 0.3 is 0 Å². The Morgan fingerprint density at radius 1 is 1.25 bits per heavy atom. The van der Waals surface area contributed by atoms with Crippen molar-refractivity contribution in [3.05, 3.63) is 0 Å². The highest BCUT2D eigenvalue weighted by molar-refractivity contribution is 5.85. The van der Waals surface area contributed by atoms with Gasteiger partial charge in [-0.3, -0.25) is 0 Å². The van der Waals surface area contributed by atoms with E-state index in [9.17, 15) is 0 Å². The number of rotatable bonds is 9. The molecule has 4 nitrogen and oxygen atoms in total. The van der Waals surface area contributed by atoms with Crippen LogP contribution in [0.5, 0.6) is 0 Å². The molecular formula is C12H27N3O. The molecule has 0 amide bonds. The average Bonchev–Trinajstić information content (AvgIpc) is 2.26. The van der Waals surface area contributed by atoms with Gasteiger partial charge in [0.2, 0.25) is 0 Å². The van der Waals surface area contributed by atoms with Crippen molar-refractivity contribution in [3.8, 4) is 0 Å². The normalized spacial score (nSPS) is 13.1. The van der Waals surface area contributed by atoms with Crippen LogP contribution in [-0.2, 0) is 0 Å².